The number of aryl methyl sites for hydroxylation is 1. The Bertz CT molecular complexity index is 598. The van der Waals surface area contributed by atoms with Gasteiger partial charge in [0.1, 0.15) is 10.8 Å². The zero-order valence-electron chi connectivity index (χ0n) is 11.8. The van der Waals surface area contributed by atoms with Gasteiger partial charge in [-0.2, -0.15) is 0 Å². The summed E-state index contributed by atoms with van der Waals surface area (Å²) in [7, 11) is 1.78. The number of carbonyl (C=O) groups excluding carboxylic acids is 1. The van der Waals surface area contributed by atoms with Crippen molar-refractivity contribution < 1.29 is 9.32 Å². The van der Waals surface area contributed by atoms with E-state index in [9.17, 15) is 4.79 Å². The van der Waals surface area contributed by atoms with E-state index in [0.717, 1.165) is 16.5 Å². The van der Waals surface area contributed by atoms with Crippen LogP contribution in [0.4, 0.5) is 0 Å². The van der Waals surface area contributed by atoms with Crippen molar-refractivity contribution in [3.05, 3.63) is 41.4 Å². The topological polar surface area (TPSA) is 59.2 Å². The molecule has 20 heavy (non-hydrogen) atoms. The van der Waals surface area contributed by atoms with E-state index in [1.807, 2.05) is 19.9 Å². The minimum absolute atomic E-state index is 0.0144. The molecule has 6 heteroatoms. The van der Waals surface area contributed by atoms with Crippen molar-refractivity contribution in [2.75, 3.05) is 13.6 Å². The van der Waals surface area contributed by atoms with E-state index in [2.05, 4.69) is 10.1 Å². The fourth-order valence-electron chi connectivity index (χ4n) is 1.65. The first kappa shape index (κ1) is 14.6. The molecule has 0 aliphatic carbocycles. The Morgan fingerprint density at radius 1 is 1.50 bits per heavy atom. The van der Waals surface area contributed by atoms with Crippen molar-refractivity contribution in [3.63, 3.8) is 0 Å². The van der Waals surface area contributed by atoms with E-state index in [4.69, 9.17) is 4.52 Å². The minimum Gasteiger partial charge on any atom is -0.361 e. The Labute approximate surface area is 122 Å². The largest absolute Gasteiger partial charge is 0.361 e. The molecule has 106 valence electrons. The Kier molecular flexibility index (Phi) is 4.79. The number of amides is 1. The van der Waals surface area contributed by atoms with E-state index in [-0.39, 0.29) is 5.91 Å². The highest BCUT2D eigenvalue weighted by Crippen LogP contribution is 2.24. The minimum atomic E-state index is -0.0144. The molecule has 0 atom stereocenters. The lowest BCUT2D eigenvalue weighted by Crippen LogP contribution is -2.26. The third-order valence-corrected chi connectivity index (χ3v) is 3.90. The van der Waals surface area contributed by atoms with Gasteiger partial charge < -0.3 is 9.42 Å². The van der Waals surface area contributed by atoms with Gasteiger partial charge in [0, 0.05) is 31.6 Å². The molecule has 2 rings (SSSR count). The van der Waals surface area contributed by atoms with Crippen molar-refractivity contribution in [1.29, 1.82) is 0 Å². The summed E-state index contributed by atoms with van der Waals surface area (Å²) in [6.45, 7) is 4.46. The number of carbonyl (C=O) groups is 1. The molecule has 0 fully saturated rings. The molecule has 1 amide bonds. The third kappa shape index (κ3) is 3.39. The van der Waals surface area contributed by atoms with Gasteiger partial charge in [-0.15, -0.1) is 0 Å². The first-order chi connectivity index (χ1) is 9.61. The molecule has 0 radical (unpaired) electrons. The van der Waals surface area contributed by atoms with Crippen molar-refractivity contribution in [1.82, 2.24) is 15.0 Å². The lowest BCUT2D eigenvalue weighted by Gasteiger charge is -2.15. The predicted molar refractivity (Wildman–Crippen MR) is 77.7 cm³/mol. The standard InChI is InChI=1S/C14H17N3O2S/c1-4-17(3)14(18)12-6-5-7-15-13(12)20-9-11-8-10(2)19-16-11/h5-8H,4,9H2,1-3H3. The first-order valence-electron chi connectivity index (χ1n) is 6.37. The van der Waals surface area contributed by atoms with Crippen molar-refractivity contribution in [2.24, 2.45) is 0 Å². The van der Waals surface area contributed by atoms with Gasteiger partial charge in [0.05, 0.1) is 11.3 Å². The molecule has 2 heterocycles. The van der Waals surface area contributed by atoms with E-state index in [1.54, 1.807) is 30.3 Å². The molecular formula is C14H17N3O2S. The van der Waals surface area contributed by atoms with Crippen molar-refractivity contribution in [2.45, 2.75) is 24.6 Å². The summed E-state index contributed by atoms with van der Waals surface area (Å²) in [4.78, 5) is 18.2. The lowest BCUT2D eigenvalue weighted by atomic mass is 10.2. The monoisotopic (exact) mass is 291 g/mol. The van der Waals surface area contributed by atoms with Crippen LogP contribution < -0.4 is 0 Å². The zero-order chi connectivity index (χ0) is 14.5. The maximum Gasteiger partial charge on any atom is 0.256 e. The van der Waals surface area contributed by atoms with Gasteiger partial charge in [-0.1, -0.05) is 16.9 Å². The van der Waals surface area contributed by atoms with Crippen LogP contribution in [-0.2, 0) is 5.75 Å². The second-order valence-corrected chi connectivity index (χ2v) is 5.36. The van der Waals surface area contributed by atoms with Crippen LogP contribution in [0.15, 0.2) is 33.9 Å². The van der Waals surface area contributed by atoms with Gasteiger partial charge in [-0.25, -0.2) is 4.98 Å². The normalized spacial score (nSPS) is 10.6. The maximum atomic E-state index is 12.3. The average molecular weight is 291 g/mol. The Balaban J connectivity index is 2.13. The van der Waals surface area contributed by atoms with Crippen LogP contribution in [0, 0.1) is 6.92 Å². The summed E-state index contributed by atoms with van der Waals surface area (Å²) in [5, 5.41) is 4.66. The molecule has 2 aromatic rings. The molecule has 0 saturated heterocycles. The van der Waals surface area contributed by atoms with Gasteiger partial charge >= 0.3 is 0 Å². The van der Waals surface area contributed by atoms with E-state index in [0.29, 0.717) is 17.9 Å². The number of thioether (sulfide) groups is 1. The summed E-state index contributed by atoms with van der Waals surface area (Å²) in [6, 6.07) is 5.47. The van der Waals surface area contributed by atoms with Crippen molar-refractivity contribution >= 4 is 17.7 Å². The van der Waals surface area contributed by atoms with Crippen LogP contribution in [0.25, 0.3) is 0 Å². The number of nitrogens with zero attached hydrogens (tertiary/aromatic N) is 3. The van der Waals surface area contributed by atoms with E-state index >= 15 is 0 Å². The number of hydrogen-bond acceptors (Lipinski definition) is 5. The Morgan fingerprint density at radius 2 is 2.30 bits per heavy atom. The fourth-order valence-corrected chi connectivity index (χ4v) is 2.51. The van der Waals surface area contributed by atoms with Crippen molar-refractivity contribution in [3.8, 4) is 0 Å². The maximum absolute atomic E-state index is 12.3. The number of pyridine rings is 1. The highest BCUT2D eigenvalue weighted by atomic mass is 32.2. The van der Waals surface area contributed by atoms with Crippen LogP contribution in [0.1, 0.15) is 28.7 Å². The molecule has 0 bridgehead atoms. The van der Waals surface area contributed by atoms with Gasteiger partial charge in [-0.05, 0) is 26.0 Å². The average Bonchev–Trinajstić information content (AvgIpc) is 2.89. The molecular weight excluding hydrogens is 274 g/mol. The summed E-state index contributed by atoms with van der Waals surface area (Å²) in [5.74, 6) is 1.40. The summed E-state index contributed by atoms with van der Waals surface area (Å²) in [5.41, 5.74) is 1.47. The quantitative estimate of drug-likeness (QED) is 0.793. The van der Waals surface area contributed by atoms with Gasteiger partial charge in [0.15, 0.2) is 0 Å². The second-order valence-electron chi connectivity index (χ2n) is 4.39. The predicted octanol–water partition coefficient (Wildman–Crippen LogP) is 2.76. The van der Waals surface area contributed by atoms with Crippen LogP contribution in [0.5, 0.6) is 0 Å². The lowest BCUT2D eigenvalue weighted by molar-refractivity contribution is 0.0798. The smallest absolute Gasteiger partial charge is 0.256 e. The highest BCUT2D eigenvalue weighted by Gasteiger charge is 2.16. The molecule has 2 aromatic heterocycles. The molecule has 0 N–H and O–H groups in total. The van der Waals surface area contributed by atoms with Crippen LogP contribution in [0.3, 0.4) is 0 Å². The number of hydrogen-bond donors (Lipinski definition) is 0. The van der Waals surface area contributed by atoms with E-state index in [1.165, 1.54) is 11.8 Å². The molecule has 0 aliphatic rings. The van der Waals surface area contributed by atoms with E-state index < -0.39 is 0 Å². The molecule has 0 aromatic carbocycles. The first-order valence-corrected chi connectivity index (χ1v) is 7.36. The van der Waals surface area contributed by atoms with Crippen LogP contribution >= 0.6 is 11.8 Å². The number of rotatable bonds is 5. The molecule has 0 aliphatic heterocycles. The Morgan fingerprint density at radius 3 is 2.95 bits per heavy atom. The number of aromatic nitrogens is 2. The summed E-state index contributed by atoms with van der Waals surface area (Å²) < 4.78 is 5.03. The third-order valence-electron chi connectivity index (χ3n) is 2.86. The van der Waals surface area contributed by atoms with Gasteiger partial charge in [0.25, 0.3) is 5.91 Å². The summed E-state index contributed by atoms with van der Waals surface area (Å²) in [6.07, 6.45) is 1.69. The van der Waals surface area contributed by atoms with Gasteiger partial charge in [-0.3, -0.25) is 4.79 Å². The van der Waals surface area contributed by atoms with Crippen LogP contribution in [0.2, 0.25) is 0 Å². The molecule has 5 nitrogen and oxygen atoms in total. The molecule has 0 spiro atoms. The Hall–Kier alpha value is -1.82. The van der Waals surface area contributed by atoms with Crippen LogP contribution in [-0.4, -0.2) is 34.5 Å². The molecule has 0 unspecified atom stereocenters. The summed E-state index contributed by atoms with van der Waals surface area (Å²) >= 11 is 1.49. The molecule has 0 saturated carbocycles. The zero-order valence-corrected chi connectivity index (χ0v) is 12.6. The van der Waals surface area contributed by atoms with Gasteiger partial charge in [0.2, 0.25) is 0 Å². The highest BCUT2D eigenvalue weighted by molar-refractivity contribution is 7.98. The second kappa shape index (κ2) is 6.56. The SMILES string of the molecule is CCN(C)C(=O)c1cccnc1SCc1cc(C)on1. The fraction of sp³-hybridized carbons (Fsp3) is 0.357.